The Morgan fingerprint density at radius 2 is 2.00 bits per heavy atom. The van der Waals surface area contributed by atoms with Crippen LogP contribution in [0.2, 0.25) is 0 Å². The van der Waals surface area contributed by atoms with Crippen molar-refractivity contribution in [2.45, 2.75) is 6.18 Å². The fourth-order valence-electron chi connectivity index (χ4n) is 1.03. The molecule has 80 valence electrons. The standard InChI is InChI=1S/C10H7BrF3N/c11-5-1-2-7-3-4-8(15)6-9(7)10(12,13)14/h3-4,6H,5,15H2. The molecule has 0 unspecified atom stereocenters. The van der Waals surface area contributed by atoms with E-state index in [4.69, 9.17) is 5.73 Å². The Bertz CT molecular complexity index is 415. The van der Waals surface area contributed by atoms with Crippen molar-refractivity contribution >= 4 is 21.6 Å². The van der Waals surface area contributed by atoms with E-state index in [0.717, 1.165) is 6.07 Å². The lowest BCUT2D eigenvalue weighted by atomic mass is 10.1. The van der Waals surface area contributed by atoms with E-state index >= 15 is 0 Å². The van der Waals surface area contributed by atoms with Crippen LogP contribution in [-0.2, 0) is 6.18 Å². The van der Waals surface area contributed by atoms with Crippen LogP contribution in [-0.4, -0.2) is 5.33 Å². The molecule has 1 rings (SSSR count). The summed E-state index contributed by atoms with van der Waals surface area (Å²) in [7, 11) is 0. The van der Waals surface area contributed by atoms with Gasteiger partial charge in [0.25, 0.3) is 0 Å². The average Bonchev–Trinajstić information content (AvgIpc) is 2.14. The van der Waals surface area contributed by atoms with Gasteiger partial charge >= 0.3 is 6.18 Å². The Hall–Kier alpha value is -1.15. The lowest BCUT2D eigenvalue weighted by Crippen LogP contribution is -2.08. The number of nitrogen functional groups attached to an aromatic ring is 1. The Morgan fingerprint density at radius 1 is 1.33 bits per heavy atom. The fraction of sp³-hybridized carbons (Fsp3) is 0.200. The molecule has 0 aliphatic rings. The molecule has 0 aliphatic heterocycles. The highest BCUT2D eigenvalue weighted by Crippen LogP contribution is 2.32. The van der Waals surface area contributed by atoms with Gasteiger partial charge in [-0.1, -0.05) is 27.8 Å². The normalized spacial score (nSPS) is 10.7. The first-order valence-electron chi connectivity index (χ1n) is 3.96. The summed E-state index contributed by atoms with van der Waals surface area (Å²) in [6.45, 7) is 0. The van der Waals surface area contributed by atoms with E-state index < -0.39 is 11.7 Å². The molecule has 0 spiro atoms. The van der Waals surface area contributed by atoms with Gasteiger partial charge in [-0.05, 0) is 18.2 Å². The molecule has 0 bridgehead atoms. The van der Waals surface area contributed by atoms with Crippen molar-refractivity contribution in [3.63, 3.8) is 0 Å². The minimum atomic E-state index is -4.42. The smallest absolute Gasteiger partial charge is 0.399 e. The highest BCUT2D eigenvalue weighted by atomic mass is 79.9. The number of hydrogen-bond donors (Lipinski definition) is 1. The zero-order valence-corrected chi connectivity index (χ0v) is 9.11. The molecule has 15 heavy (non-hydrogen) atoms. The second-order valence-electron chi connectivity index (χ2n) is 2.74. The molecule has 0 aliphatic carbocycles. The van der Waals surface area contributed by atoms with Crippen LogP contribution in [0.5, 0.6) is 0 Å². The highest BCUT2D eigenvalue weighted by molar-refractivity contribution is 9.09. The van der Waals surface area contributed by atoms with Crippen molar-refractivity contribution in [1.29, 1.82) is 0 Å². The van der Waals surface area contributed by atoms with Crippen molar-refractivity contribution < 1.29 is 13.2 Å². The molecule has 0 saturated heterocycles. The van der Waals surface area contributed by atoms with Crippen LogP contribution >= 0.6 is 15.9 Å². The first-order valence-corrected chi connectivity index (χ1v) is 5.09. The molecule has 5 heteroatoms. The second kappa shape index (κ2) is 4.58. The zero-order chi connectivity index (χ0) is 11.5. The average molecular weight is 278 g/mol. The summed E-state index contributed by atoms with van der Waals surface area (Å²) >= 11 is 3.02. The van der Waals surface area contributed by atoms with Gasteiger partial charge in [-0.15, -0.1) is 0 Å². The van der Waals surface area contributed by atoms with Crippen LogP contribution in [0.25, 0.3) is 0 Å². The van der Waals surface area contributed by atoms with E-state index in [1.54, 1.807) is 0 Å². The Balaban J connectivity index is 3.27. The van der Waals surface area contributed by atoms with E-state index in [2.05, 4.69) is 27.8 Å². The molecule has 0 radical (unpaired) electrons. The van der Waals surface area contributed by atoms with Crippen LogP contribution in [0.3, 0.4) is 0 Å². The Kier molecular flexibility index (Phi) is 3.64. The van der Waals surface area contributed by atoms with Crippen molar-refractivity contribution in [2.75, 3.05) is 11.1 Å². The van der Waals surface area contributed by atoms with Crippen LogP contribution in [0.4, 0.5) is 18.9 Å². The lowest BCUT2D eigenvalue weighted by Gasteiger charge is -2.09. The van der Waals surface area contributed by atoms with Crippen molar-refractivity contribution in [1.82, 2.24) is 0 Å². The molecule has 1 nitrogen and oxygen atoms in total. The van der Waals surface area contributed by atoms with Gasteiger partial charge in [-0.25, -0.2) is 0 Å². The largest absolute Gasteiger partial charge is 0.417 e. The molecule has 2 N–H and O–H groups in total. The summed E-state index contributed by atoms with van der Waals surface area (Å²) in [6.07, 6.45) is -4.42. The summed E-state index contributed by atoms with van der Waals surface area (Å²) in [5.41, 5.74) is 4.52. The number of benzene rings is 1. The van der Waals surface area contributed by atoms with Gasteiger partial charge < -0.3 is 5.73 Å². The Morgan fingerprint density at radius 3 is 2.53 bits per heavy atom. The maximum absolute atomic E-state index is 12.5. The van der Waals surface area contributed by atoms with Crippen molar-refractivity contribution in [3.05, 3.63) is 29.3 Å². The van der Waals surface area contributed by atoms with Gasteiger partial charge in [-0.3, -0.25) is 0 Å². The zero-order valence-electron chi connectivity index (χ0n) is 7.53. The van der Waals surface area contributed by atoms with E-state index in [9.17, 15) is 13.2 Å². The Labute approximate surface area is 93.6 Å². The second-order valence-corrected chi connectivity index (χ2v) is 3.30. The number of alkyl halides is 4. The van der Waals surface area contributed by atoms with Crippen LogP contribution in [0.1, 0.15) is 11.1 Å². The minimum Gasteiger partial charge on any atom is -0.399 e. The maximum atomic E-state index is 12.5. The molecule has 0 amide bonds. The molecular weight excluding hydrogens is 271 g/mol. The predicted molar refractivity (Wildman–Crippen MR) is 56.5 cm³/mol. The van der Waals surface area contributed by atoms with Crippen LogP contribution in [0, 0.1) is 11.8 Å². The molecule has 1 aromatic carbocycles. The minimum absolute atomic E-state index is 0.0591. The number of rotatable bonds is 0. The monoisotopic (exact) mass is 277 g/mol. The van der Waals surface area contributed by atoms with Gasteiger partial charge in [-0.2, -0.15) is 13.2 Å². The predicted octanol–water partition coefficient (Wildman–Crippen LogP) is 3.03. The molecule has 0 atom stereocenters. The van der Waals surface area contributed by atoms with Crippen molar-refractivity contribution in [3.8, 4) is 11.8 Å². The summed E-state index contributed by atoms with van der Waals surface area (Å²) in [5, 5.41) is 0.328. The van der Waals surface area contributed by atoms with E-state index in [-0.39, 0.29) is 11.3 Å². The summed E-state index contributed by atoms with van der Waals surface area (Å²) in [5.74, 6) is 4.95. The summed E-state index contributed by atoms with van der Waals surface area (Å²) in [6, 6.07) is 3.56. The van der Waals surface area contributed by atoms with Gasteiger partial charge in [0.15, 0.2) is 0 Å². The quantitative estimate of drug-likeness (QED) is 0.440. The molecule has 0 aromatic heterocycles. The highest BCUT2D eigenvalue weighted by Gasteiger charge is 2.33. The van der Waals surface area contributed by atoms with Gasteiger partial charge in [0, 0.05) is 11.3 Å². The fourth-order valence-corrected chi connectivity index (χ4v) is 1.17. The SMILES string of the molecule is Nc1ccc(C#CCBr)c(C(F)(F)F)c1. The molecule has 0 saturated carbocycles. The van der Waals surface area contributed by atoms with Crippen LogP contribution in [0.15, 0.2) is 18.2 Å². The number of halogens is 4. The topological polar surface area (TPSA) is 26.0 Å². The molecular formula is C10H7BrF3N. The van der Waals surface area contributed by atoms with E-state index in [0.29, 0.717) is 5.33 Å². The number of hydrogen-bond acceptors (Lipinski definition) is 1. The maximum Gasteiger partial charge on any atom is 0.417 e. The summed E-state index contributed by atoms with van der Waals surface area (Å²) in [4.78, 5) is 0. The van der Waals surface area contributed by atoms with Crippen molar-refractivity contribution in [2.24, 2.45) is 0 Å². The third-order valence-electron chi connectivity index (χ3n) is 1.64. The van der Waals surface area contributed by atoms with Gasteiger partial charge in [0.05, 0.1) is 10.9 Å². The first kappa shape index (κ1) is 11.9. The van der Waals surface area contributed by atoms with Crippen LogP contribution < -0.4 is 5.73 Å². The third-order valence-corrected chi connectivity index (χ3v) is 1.92. The van der Waals surface area contributed by atoms with E-state index in [1.807, 2.05) is 0 Å². The molecule has 0 heterocycles. The first-order chi connectivity index (χ1) is 6.95. The molecule has 0 fully saturated rings. The number of nitrogens with two attached hydrogens (primary N) is 1. The van der Waals surface area contributed by atoms with E-state index in [1.165, 1.54) is 12.1 Å². The third kappa shape index (κ3) is 3.17. The number of anilines is 1. The van der Waals surface area contributed by atoms with Gasteiger partial charge in [0.2, 0.25) is 0 Å². The molecule has 1 aromatic rings. The summed E-state index contributed by atoms with van der Waals surface area (Å²) < 4.78 is 37.6. The van der Waals surface area contributed by atoms with Gasteiger partial charge in [0.1, 0.15) is 0 Å². The lowest BCUT2D eigenvalue weighted by molar-refractivity contribution is -0.137.